The molecule has 2 aromatic carbocycles. The number of pyridine rings is 1. The molecule has 35 heavy (non-hydrogen) atoms. The number of anilines is 1. The van der Waals surface area contributed by atoms with Gasteiger partial charge in [-0.25, -0.2) is 0 Å². The topological polar surface area (TPSA) is 42.3 Å². The second-order valence-corrected chi connectivity index (χ2v) is 9.24. The molecule has 0 radical (unpaired) electrons. The Bertz CT molecular complexity index is 1350. The van der Waals surface area contributed by atoms with E-state index < -0.39 is 0 Å². The van der Waals surface area contributed by atoms with Gasteiger partial charge in [0.2, 0.25) is 0 Å². The molecule has 0 spiro atoms. The smallest absolute Gasteiger partial charge is 0.174 e. The lowest BCUT2D eigenvalue weighted by molar-refractivity contribution is 0.414. The molecule has 1 aliphatic rings. The lowest BCUT2D eigenvalue weighted by Crippen LogP contribution is -2.30. The molecule has 1 saturated heterocycles. The predicted octanol–water partition coefficient (Wildman–Crippen LogP) is 6.24. The van der Waals surface area contributed by atoms with Crippen LogP contribution in [-0.4, -0.2) is 21.8 Å². The minimum atomic E-state index is -0.106. The van der Waals surface area contributed by atoms with Crippen LogP contribution in [0.4, 0.5) is 5.69 Å². The van der Waals surface area contributed by atoms with Crippen molar-refractivity contribution in [3.05, 3.63) is 107 Å². The monoisotopic (exact) mass is 482 g/mol. The fourth-order valence-electron chi connectivity index (χ4n) is 5.12. The van der Waals surface area contributed by atoms with Gasteiger partial charge in [-0.2, -0.15) is 0 Å². The van der Waals surface area contributed by atoms with Crippen molar-refractivity contribution >= 4 is 23.0 Å². The number of ether oxygens (including phenoxy) is 1. The maximum Gasteiger partial charge on any atom is 0.174 e. The van der Waals surface area contributed by atoms with Crippen molar-refractivity contribution in [3.8, 4) is 11.4 Å². The quantitative estimate of drug-likeness (QED) is 0.330. The first-order valence-corrected chi connectivity index (χ1v) is 12.4. The summed E-state index contributed by atoms with van der Waals surface area (Å²) in [7, 11) is 1.70. The Morgan fingerprint density at radius 3 is 2.43 bits per heavy atom. The maximum atomic E-state index is 5.91. The van der Waals surface area contributed by atoms with E-state index in [2.05, 4.69) is 78.0 Å². The van der Waals surface area contributed by atoms with E-state index in [1.807, 2.05) is 36.5 Å². The molecule has 1 aliphatic heterocycles. The van der Waals surface area contributed by atoms with Crippen molar-refractivity contribution in [1.29, 1.82) is 0 Å². The molecular weight excluding hydrogens is 452 g/mol. The molecule has 1 N–H and O–H groups in total. The van der Waals surface area contributed by atoms with Crippen molar-refractivity contribution < 1.29 is 4.74 Å². The summed E-state index contributed by atoms with van der Waals surface area (Å²) in [6.45, 7) is 6.53. The molecule has 2 aromatic heterocycles. The van der Waals surface area contributed by atoms with Crippen LogP contribution in [0.25, 0.3) is 5.69 Å². The van der Waals surface area contributed by atoms with Gasteiger partial charge >= 0.3 is 0 Å². The molecule has 2 unspecified atom stereocenters. The molecule has 2 atom stereocenters. The van der Waals surface area contributed by atoms with Crippen LogP contribution in [0.2, 0.25) is 0 Å². The molecule has 1 fully saturated rings. The minimum Gasteiger partial charge on any atom is -0.495 e. The van der Waals surface area contributed by atoms with Gasteiger partial charge in [0.15, 0.2) is 5.11 Å². The highest BCUT2D eigenvalue weighted by atomic mass is 32.1. The molecule has 0 bridgehead atoms. The van der Waals surface area contributed by atoms with Crippen molar-refractivity contribution in [2.75, 3.05) is 12.0 Å². The van der Waals surface area contributed by atoms with Gasteiger partial charge < -0.3 is 19.5 Å². The van der Waals surface area contributed by atoms with E-state index in [0.29, 0.717) is 5.11 Å². The molecule has 178 valence electrons. The van der Waals surface area contributed by atoms with E-state index in [1.165, 1.54) is 22.5 Å². The Balaban J connectivity index is 1.68. The number of methoxy groups -OCH3 is 1. The van der Waals surface area contributed by atoms with E-state index in [-0.39, 0.29) is 12.1 Å². The molecule has 3 heterocycles. The average molecular weight is 483 g/mol. The lowest BCUT2D eigenvalue weighted by atomic mass is 9.96. The zero-order valence-electron chi connectivity index (χ0n) is 20.5. The van der Waals surface area contributed by atoms with Gasteiger partial charge in [-0.1, -0.05) is 37.3 Å². The van der Waals surface area contributed by atoms with E-state index >= 15 is 0 Å². The number of hydrogen-bond donors (Lipinski definition) is 1. The van der Waals surface area contributed by atoms with E-state index in [0.717, 1.165) is 29.2 Å². The molecule has 6 heteroatoms. The minimum absolute atomic E-state index is 0.0939. The lowest BCUT2D eigenvalue weighted by Gasteiger charge is -2.29. The SMILES string of the molecule is CCc1ccc(-n2c(C)cc(C3C(c4ccccn4)NC(=S)N3c3ccccc3OC)c2C)cc1. The van der Waals surface area contributed by atoms with Crippen LogP contribution >= 0.6 is 12.2 Å². The highest BCUT2D eigenvalue weighted by Crippen LogP contribution is 2.46. The first-order valence-electron chi connectivity index (χ1n) is 11.9. The van der Waals surface area contributed by atoms with Crippen molar-refractivity contribution in [2.24, 2.45) is 0 Å². The Labute approximate surface area is 212 Å². The molecule has 0 saturated carbocycles. The molecular formula is C29H30N4OS. The number of aryl methyl sites for hydroxylation is 2. The normalized spacial score (nSPS) is 17.5. The molecule has 0 aliphatic carbocycles. The number of nitrogens with zero attached hydrogens (tertiary/aromatic N) is 3. The second-order valence-electron chi connectivity index (χ2n) is 8.85. The fourth-order valence-corrected chi connectivity index (χ4v) is 5.46. The Morgan fingerprint density at radius 1 is 1.00 bits per heavy atom. The Hall–Kier alpha value is -3.64. The van der Waals surface area contributed by atoms with Gasteiger partial charge in [0.05, 0.1) is 30.6 Å². The summed E-state index contributed by atoms with van der Waals surface area (Å²) in [6, 6.07) is 24.9. The van der Waals surface area contributed by atoms with Crippen LogP contribution in [0.3, 0.4) is 0 Å². The van der Waals surface area contributed by atoms with E-state index in [1.54, 1.807) is 7.11 Å². The fraction of sp³-hybridized carbons (Fsp3) is 0.241. The zero-order chi connectivity index (χ0) is 24.5. The van der Waals surface area contributed by atoms with Gasteiger partial charge in [0.1, 0.15) is 5.75 Å². The summed E-state index contributed by atoms with van der Waals surface area (Å²) in [6.07, 6.45) is 2.86. The van der Waals surface area contributed by atoms with Crippen LogP contribution in [0.5, 0.6) is 5.75 Å². The number of nitrogens with one attached hydrogen (secondary N) is 1. The maximum absolute atomic E-state index is 5.91. The van der Waals surface area contributed by atoms with E-state index in [4.69, 9.17) is 21.9 Å². The molecule has 5 rings (SSSR count). The summed E-state index contributed by atoms with van der Waals surface area (Å²) < 4.78 is 8.06. The number of aromatic nitrogens is 2. The highest BCUT2D eigenvalue weighted by molar-refractivity contribution is 7.80. The highest BCUT2D eigenvalue weighted by Gasteiger charge is 2.43. The van der Waals surface area contributed by atoms with Crippen LogP contribution in [-0.2, 0) is 6.42 Å². The molecule has 4 aromatic rings. The number of thiocarbonyl (C=S) groups is 1. The van der Waals surface area contributed by atoms with Crippen LogP contribution in [0, 0.1) is 13.8 Å². The van der Waals surface area contributed by atoms with Gasteiger partial charge in [-0.15, -0.1) is 0 Å². The van der Waals surface area contributed by atoms with Gasteiger partial charge in [0.25, 0.3) is 0 Å². The number of para-hydroxylation sites is 2. The van der Waals surface area contributed by atoms with Gasteiger partial charge in [0, 0.05) is 23.3 Å². The standard InChI is InChI=1S/C29H30N4OS/c1-5-21-13-15-22(16-14-21)32-19(2)18-23(20(32)3)28-27(24-10-8-9-17-30-24)31-29(35)33(28)25-11-6-7-12-26(25)34-4/h6-18,27-28H,5H2,1-4H3,(H,31,35). The van der Waals surface area contributed by atoms with Crippen LogP contribution in [0.15, 0.2) is 79.0 Å². The summed E-state index contributed by atoms with van der Waals surface area (Å²) in [5.74, 6) is 0.785. The summed E-state index contributed by atoms with van der Waals surface area (Å²) >= 11 is 5.91. The van der Waals surface area contributed by atoms with Gasteiger partial charge in [-0.3, -0.25) is 4.98 Å². The Kier molecular flexibility index (Phi) is 6.31. The number of benzene rings is 2. The van der Waals surface area contributed by atoms with Crippen molar-refractivity contribution in [3.63, 3.8) is 0 Å². The first-order chi connectivity index (χ1) is 17.0. The Morgan fingerprint density at radius 2 is 1.74 bits per heavy atom. The number of rotatable bonds is 6. The van der Waals surface area contributed by atoms with Crippen molar-refractivity contribution in [1.82, 2.24) is 14.9 Å². The second kappa shape index (κ2) is 9.55. The molecule has 5 nitrogen and oxygen atoms in total. The van der Waals surface area contributed by atoms with Crippen LogP contribution < -0.4 is 15.0 Å². The third kappa shape index (κ3) is 4.08. The predicted molar refractivity (Wildman–Crippen MR) is 146 cm³/mol. The number of hydrogen-bond acceptors (Lipinski definition) is 3. The average Bonchev–Trinajstić information content (AvgIpc) is 3.39. The zero-order valence-corrected chi connectivity index (χ0v) is 21.3. The van der Waals surface area contributed by atoms with E-state index in [9.17, 15) is 0 Å². The third-order valence-electron chi connectivity index (χ3n) is 6.83. The van der Waals surface area contributed by atoms with Crippen molar-refractivity contribution in [2.45, 2.75) is 39.3 Å². The molecule has 0 amide bonds. The first kappa shape index (κ1) is 23.1. The summed E-state index contributed by atoms with van der Waals surface area (Å²) in [5, 5.41) is 4.22. The van der Waals surface area contributed by atoms with Crippen LogP contribution in [0.1, 0.15) is 47.2 Å². The summed E-state index contributed by atoms with van der Waals surface area (Å²) in [4.78, 5) is 6.87. The van der Waals surface area contributed by atoms with Gasteiger partial charge in [-0.05, 0) is 86.1 Å². The largest absolute Gasteiger partial charge is 0.495 e. The third-order valence-corrected chi connectivity index (χ3v) is 7.15. The summed E-state index contributed by atoms with van der Waals surface area (Å²) in [5.41, 5.74) is 7.95.